The second-order valence-corrected chi connectivity index (χ2v) is 4.53. The normalized spacial score (nSPS) is 14.6. The molecule has 0 aromatic carbocycles. The third-order valence-electron chi connectivity index (χ3n) is 3.32. The summed E-state index contributed by atoms with van der Waals surface area (Å²) in [4.78, 5) is 6.81. The molecule has 2 N–H and O–H groups in total. The van der Waals surface area contributed by atoms with Crippen LogP contribution in [-0.4, -0.2) is 25.1 Å². The summed E-state index contributed by atoms with van der Waals surface area (Å²) >= 11 is 0. The largest absolute Gasteiger partial charge is 0.374 e. The van der Waals surface area contributed by atoms with Gasteiger partial charge in [-0.1, -0.05) is 0 Å². The molecule has 1 aromatic heterocycles. The van der Waals surface area contributed by atoms with Crippen molar-refractivity contribution >= 4 is 5.69 Å². The molecule has 1 aliphatic rings. The summed E-state index contributed by atoms with van der Waals surface area (Å²) in [5.74, 6) is 0. The summed E-state index contributed by atoms with van der Waals surface area (Å²) in [6.07, 6.45) is 7.91. The van der Waals surface area contributed by atoms with E-state index >= 15 is 0 Å². The molecule has 0 saturated heterocycles. The lowest BCUT2D eigenvalue weighted by Crippen LogP contribution is -2.23. The van der Waals surface area contributed by atoms with Gasteiger partial charge in [0, 0.05) is 31.2 Å². The Morgan fingerprint density at radius 1 is 1.38 bits per heavy atom. The molecule has 0 bridgehead atoms. The highest BCUT2D eigenvalue weighted by Crippen LogP contribution is 2.28. The fourth-order valence-electron chi connectivity index (χ4n) is 2.41. The van der Waals surface area contributed by atoms with Crippen molar-refractivity contribution in [3.8, 4) is 0 Å². The molecule has 0 radical (unpaired) electrons. The number of anilines is 1. The Balaban J connectivity index is 2.19. The molecule has 1 heterocycles. The van der Waals surface area contributed by atoms with Crippen molar-refractivity contribution < 1.29 is 0 Å². The van der Waals surface area contributed by atoms with E-state index < -0.39 is 0 Å². The van der Waals surface area contributed by atoms with Crippen LogP contribution < -0.4 is 10.6 Å². The summed E-state index contributed by atoms with van der Waals surface area (Å²) in [7, 11) is 2.15. The van der Waals surface area contributed by atoms with E-state index in [9.17, 15) is 0 Å². The molecule has 0 aliphatic heterocycles. The Morgan fingerprint density at radius 2 is 2.19 bits per heavy atom. The van der Waals surface area contributed by atoms with Gasteiger partial charge in [0.2, 0.25) is 0 Å². The van der Waals surface area contributed by atoms with Crippen LogP contribution in [0.15, 0.2) is 12.3 Å². The van der Waals surface area contributed by atoms with Crippen molar-refractivity contribution in [2.24, 2.45) is 5.73 Å². The Bertz CT molecular complexity index is 349. The summed E-state index contributed by atoms with van der Waals surface area (Å²) < 4.78 is 0. The van der Waals surface area contributed by atoms with Crippen molar-refractivity contribution in [2.45, 2.75) is 32.1 Å². The van der Waals surface area contributed by atoms with Crippen LogP contribution in [0.4, 0.5) is 5.69 Å². The molecule has 0 spiro atoms. The van der Waals surface area contributed by atoms with E-state index in [1.807, 2.05) is 6.20 Å². The number of aromatic nitrogens is 1. The van der Waals surface area contributed by atoms with Gasteiger partial charge in [0.25, 0.3) is 0 Å². The maximum Gasteiger partial charge on any atom is 0.0456 e. The van der Waals surface area contributed by atoms with Gasteiger partial charge in [-0.3, -0.25) is 4.98 Å². The van der Waals surface area contributed by atoms with Crippen molar-refractivity contribution in [3.63, 3.8) is 0 Å². The number of pyridine rings is 1. The zero-order valence-corrected chi connectivity index (χ0v) is 10.1. The summed E-state index contributed by atoms with van der Waals surface area (Å²) in [6.45, 7) is 1.80. The second kappa shape index (κ2) is 5.30. The Morgan fingerprint density at radius 3 is 3.00 bits per heavy atom. The standard InChI is InChI=1S/C13H21N3/c1-16(10-4-8-14)13-7-9-15-12-6-3-2-5-11(12)13/h7,9H,2-6,8,10,14H2,1H3. The Kier molecular flexibility index (Phi) is 3.78. The first-order chi connectivity index (χ1) is 7.83. The van der Waals surface area contributed by atoms with Gasteiger partial charge in [0.05, 0.1) is 0 Å². The molecular formula is C13H21N3. The second-order valence-electron chi connectivity index (χ2n) is 4.53. The number of nitrogens with zero attached hydrogens (tertiary/aromatic N) is 2. The molecule has 2 rings (SSSR count). The van der Waals surface area contributed by atoms with Gasteiger partial charge < -0.3 is 10.6 Å². The van der Waals surface area contributed by atoms with E-state index in [4.69, 9.17) is 5.73 Å². The van der Waals surface area contributed by atoms with Gasteiger partial charge in [0.15, 0.2) is 0 Å². The van der Waals surface area contributed by atoms with Gasteiger partial charge >= 0.3 is 0 Å². The molecule has 1 aliphatic carbocycles. The minimum atomic E-state index is 0.762. The lowest BCUT2D eigenvalue weighted by molar-refractivity contribution is 0.663. The fraction of sp³-hybridized carbons (Fsp3) is 0.615. The number of fused-ring (bicyclic) bond motifs is 1. The van der Waals surface area contributed by atoms with Crippen molar-refractivity contribution in [2.75, 3.05) is 25.0 Å². The van der Waals surface area contributed by atoms with Gasteiger partial charge in [0.1, 0.15) is 0 Å². The first kappa shape index (κ1) is 11.4. The Labute approximate surface area is 97.7 Å². The molecule has 0 saturated carbocycles. The summed E-state index contributed by atoms with van der Waals surface area (Å²) in [5, 5.41) is 0. The van der Waals surface area contributed by atoms with Crippen LogP contribution in [0.3, 0.4) is 0 Å². The highest BCUT2D eigenvalue weighted by Gasteiger charge is 2.15. The van der Waals surface area contributed by atoms with E-state index in [2.05, 4.69) is 23.0 Å². The quantitative estimate of drug-likeness (QED) is 0.839. The molecule has 3 heteroatoms. The number of aryl methyl sites for hydroxylation is 1. The average Bonchev–Trinajstić information content (AvgIpc) is 2.35. The van der Waals surface area contributed by atoms with E-state index in [0.717, 1.165) is 25.9 Å². The minimum Gasteiger partial charge on any atom is -0.374 e. The van der Waals surface area contributed by atoms with Crippen LogP contribution in [0.25, 0.3) is 0 Å². The lowest BCUT2D eigenvalue weighted by atomic mass is 9.94. The summed E-state index contributed by atoms with van der Waals surface area (Å²) in [6, 6.07) is 2.14. The van der Waals surface area contributed by atoms with Gasteiger partial charge in [-0.05, 0) is 50.3 Å². The number of rotatable bonds is 4. The predicted octanol–water partition coefficient (Wildman–Crippen LogP) is 1.75. The van der Waals surface area contributed by atoms with Gasteiger partial charge in [-0.2, -0.15) is 0 Å². The van der Waals surface area contributed by atoms with Gasteiger partial charge in [-0.15, -0.1) is 0 Å². The first-order valence-corrected chi connectivity index (χ1v) is 6.21. The topological polar surface area (TPSA) is 42.1 Å². The third-order valence-corrected chi connectivity index (χ3v) is 3.32. The maximum atomic E-state index is 5.55. The highest BCUT2D eigenvalue weighted by atomic mass is 15.1. The average molecular weight is 219 g/mol. The maximum absolute atomic E-state index is 5.55. The number of hydrogen-bond acceptors (Lipinski definition) is 3. The van der Waals surface area contributed by atoms with Crippen LogP contribution in [0.1, 0.15) is 30.5 Å². The van der Waals surface area contributed by atoms with Gasteiger partial charge in [-0.25, -0.2) is 0 Å². The molecule has 0 fully saturated rings. The zero-order valence-electron chi connectivity index (χ0n) is 10.1. The molecule has 1 aromatic rings. The highest BCUT2D eigenvalue weighted by molar-refractivity contribution is 5.55. The third kappa shape index (κ3) is 2.35. The zero-order chi connectivity index (χ0) is 11.4. The van der Waals surface area contributed by atoms with Crippen molar-refractivity contribution in [1.82, 2.24) is 4.98 Å². The van der Waals surface area contributed by atoms with Crippen LogP contribution >= 0.6 is 0 Å². The number of nitrogens with two attached hydrogens (primary N) is 1. The Hall–Kier alpha value is -1.09. The van der Waals surface area contributed by atoms with Crippen molar-refractivity contribution in [3.05, 3.63) is 23.5 Å². The summed E-state index contributed by atoms with van der Waals surface area (Å²) in [5.41, 5.74) is 9.69. The van der Waals surface area contributed by atoms with Crippen LogP contribution in [0.5, 0.6) is 0 Å². The fourth-order valence-corrected chi connectivity index (χ4v) is 2.41. The molecule has 3 nitrogen and oxygen atoms in total. The lowest BCUT2D eigenvalue weighted by Gasteiger charge is -2.25. The van der Waals surface area contributed by atoms with E-state index in [1.165, 1.54) is 36.2 Å². The first-order valence-electron chi connectivity index (χ1n) is 6.21. The van der Waals surface area contributed by atoms with E-state index in [-0.39, 0.29) is 0 Å². The molecule has 0 unspecified atom stereocenters. The molecule has 88 valence electrons. The van der Waals surface area contributed by atoms with Crippen LogP contribution in [0, 0.1) is 0 Å². The molecule has 16 heavy (non-hydrogen) atoms. The van der Waals surface area contributed by atoms with Crippen LogP contribution in [0.2, 0.25) is 0 Å². The van der Waals surface area contributed by atoms with E-state index in [1.54, 1.807) is 0 Å². The van der Waals surface area contributed by atoms with Crippen LogP contribution in [-0.2, 0) is 12.8 Å². The molecule has 0 atom stereocenters. The van der Waals surface area contributed by atoms with Crippen molar-refractivity contribution in [1.29, 1.82) is 0 Å². The molecule has 0 amide bonds. The predicted molar refractivity (Wildman–Crippen MR) is 67.8 cm³/mol. The van der Waals surface area contributed by atoms with E-state index in [0.29, 0.717) is 0 Å². The number of hydrogen-bond donors (Lipinski definition) is 1. The smallest absolute Gasteiger partial charge is 0.0456 e. The molecular weight excluding hydrogens is 198 g/mol. The SMILES string of the molecule is CN(CCCN)c1ccnc2c1CCCC2. The minimum absolute atomic E-state index is 0.762. The monoisotopic (exact) mass is 219 g/mol.